The van der Waals surface area contributed by atoms with Crippen LogP contribution in [0.2, 0.25) is 0 Å². The van der Waals surface area contributed by atoms with Gasteiger partial charge in [-0.15, -0.1) is 24.0 Å². The zero-order chi connectivity index (χ0) is 18.8. The normalized spacial score (nSPS) is 22.7. The third-order valence-corrected chi connectivity index (χ3v) is 7.04. The predicted molar refractivity (Wildman–Crippen MR) is 120 cm³/mol. The Morgan fingerprint density at radius 2 is 1.78 bits per heavy atom. The van der Waals surface area contributed by atoms with Crippen LogP contribution in [0.3, 0.4) is 0 Å². The highest BCUT2D eigenvalue weighted by Gasteiger charge is 2.28. The summed E-state index contributed by atoms with van der Waals surface area (Å²) in [5.74, 6) is 1.73. The lowest BCUT2D eigenvalue weighted by atomic mass is 9.86. The van der Waals surface area contributed by atoms with Gasteiger partial charge in [-0.05, 0) is 25.2 Å². The molecule has 158 valence electrons. The summed E-state index contributed by atoms with van der Waals surface area (Å²) in [6, 6.07) is -0.232. The summed E-state index contributed by atoms with van der Waals surface area (Å²) in [7, 11) is -1.24. The highest BCUT2D eigenvalue weighted by Crippen LogP contribution is 2.26. The van der Waals surface area contributed by atoms with Crippen molar-refractivity contribution in [2.75, 3.05) is 31.6 Å². The average molecular weight is 514 g/mol. The molecule has 1 unspecified atom stereocenters. The van der Waals surface area contributed by atoms with E-state index < -0.39 is 9.84 Å². The van der Waals surface area contributed by atoms with Crippen LogP contribution in [0.25, 0.3) is 0 Å². The molecule has 0 spiro atoms. The Morgan fingerprint density at radius 1 is 1.07 bits per heavy atom. The van der Waals surface area contributed by atoms with Gasteiger partial charge in [0.25, 0.3) is 0 Å². The van der Waals surface area contributed by atoms with Crippen molar-refractivity contribution < 1.29 is 13.2 Å². The van der Waals surface area contributed by atoms with Crippen LogP contribution in [0.5, 0.6) is 0 Å². The van der Waals surface area contributed by atoms with E-state index in [0.717, 1.165) is 18.9 Å². The fraction of sp³-hybridized carbons (Fsp3) is 0.889. The number of halogens is 1. The number of sulfone groups is 1. The standard InChI is InChI=1S/C18H34N4O3S.HI/c1-19-18(20-11-5-8-15-6-3-2-4-7-15)21-12-9-17(23)22-16-10-13-26(24,25)14-16;/h15-16H,2-14H2,1H3,(H,22,23)(H2,19,20,21);1H. The van der Waals surface area contributed by atoms with Gasteiger partial charge < -0.3 is 16.0 Å². The molecular formula is C18H35IN4O3S. The van der Waals surface area contributed by atoms with Crippen LogP contribution in [0, 0.1) is 5.92 Å². The van der Waals surface area contributed by atoms with Gasteiger partial charge in [0.2, 0.25) is 5.91 Å². The highest BCUT2D eigenvalue weighted by molar-refractivity contribution is 14.0. The first-order valence-corrected chi connectivity index (χ1v) is 11.7. The second-order valence-electron chi connectivity index (χ2n) is 7.49. The molecule has 2 rings (SSSR count). The Kier molecular flexibility index (Phi) is 11.6. The molecule has 0 radical (unpaired) electrons. The molecule has 7 nitrogen and oxygen atoms in total. The smallest absolute Gasteiger partial charge is 0.222 e. The van der Waals surface area contributed by atoms with Gasteiger partial charge in [-0.25, -0.2) is 8.42 Å². The van der Waals surface area contributed by atoms with Crippen molar-refractivity contribution in [2.24, 2.45) is 10.9 Å². The van der Waals surface area contributed by atoms with Crippen LogP contribution in [-0.4, -0.2) is 58.0 Å². The molecule has 27 heavy (non-hydrogen) atoms. The first-order valence-electron chi connectivity index (χ1n) is 9.93. The number of guanidine groups is 1. The fourth-order valence-electron chi connectivity index (χ4n) is 3.80. The molecule has 0 aromatic carbocycles. The van der Waals surface area contributed by atoms with Crippen LogP contribution in [0.4, 0.5) is 0 Å². The van der Waals surface area contributed by atoms with E-state index in [1.54, 1.807) is 7.05 Å². The van der Waals surface area contributed by atoms with E-state index in [2.05, 4.69) is 20.9 Å². The van der Waals surface area contributed by atoms with Crippen molar-refractivity contribution in [2.45, 2.75) is 63.8 Å². The van der Waals surface area contributed by atoms with Gasteiger partial charge in [0.1, 0.15) is 0 Å². The highest BCUT2D eigenvalue weighted by atomic mass is 127. The van der Waals surface area contributed by atoms with E-state index in [-0.39, 0.29) is 47.4 Å². The van der Waals surface area contributed by atoms with Crippen LogP contribution >= 0.6 is 24.0 Å². The molecule has 1 amide bonds. The lowest BCUT2D eigenvalue weighted by Crippen LogP contribution is -2.41. The lowest BCUT2D eigenvalue weighted by Gasteiger charge is -2.21. The first kappa shape index (κ1) is 24.5. The van der Waals surface area contributed by atoms with E-state index in [1.165, 1.54) is 38.5 Å². The SMILES string of the molecule is CN=C(NCCCC1CCCCC1)NCCC(=O)NC1CCS(=O)(=O)C1.I. The zero-order valence-electron chi connectivity index (χ0n) is 16.3. The maximum absolute atomic E-state index is 11.9. The van der Waals surface area contributed by atoms with Crippen LogP contribution < -0.4 is 16.0 Å². The molecule has 2 fully saturated rings. The molecule has 1 atom stereocenters. The summed E-state index contributed by atoms with van der Waals surface area (Å²) in [6.45, 7) is 1.37. The minimum Gasteiger partial charge on any atom is -0.356 e. The Morgan fingerprint density at radius 3 is 2.41 bits per heavy atom. The molecule has 0 bridgehead atoms. The molecule has 3 N–H and O–H groups in total. The third-order valence-electron chi connectivity index (χ3n) is 5.27. The molecule has 0 aromatic rings. The maximum Gasteiger partial charge on any atom is 0.222 e. The van der Waals surface area contributed by atoms with Gasteiger partial charge >= 0.3 is 0 Å². The number of hydrogen-bond acceptors (Lipinski definition) is 4. The van der Waals surface area contributed by atoms with Crippen LogP contribution in [0.15, 0.2) is 4.99 Å². The topological polar surface area (TPSA) is 99.7 Å². The molecular weight excluding hydrogens is 479 g/mol. The summed E-state index contributed by atoms with van der Waals surface area (Å²) in [4.78, 5) is 16.1. The number of hydrogen-bond donors (Lipinski definition) is 3. The van der Waals surface area contributed by atoms with E-state index in [0.29, 0.717) is 25.3 Å². The Bertz CT molecular complexity index is 577. The van der Waals surface area contributed by atoms with E-state index in [4.69, 9.17) is 0 Å². The summed E-state index contributed by atoms with van der Waals surface area (Å²) in [6.07, 6.45) is 10.2. The van der Waals surface area contributed by atoms with Crippen LogP contribution in [0.1, 0.15) is 57.8 Å². The number of nitrogens with zero attached hydrogens (tertiary/aromatic N) is 1. The minimum atomic E-state index is -2.96. The van der Waals surface area contributed by atoms with Gasteiger partial charge in [-0.2, -0.15) is 0 Å². The molecule has 1 aliphatic carbocycles. The number of carbonyl (C=O) groups excluding carboxylic acids is 1. The first-order chi connectivity index (χ1) is 12.5. The summed E-state index contributed by atoms with van der Waals surface area (Å²) in [5.41, 5.74) is 0. The van der Waals surface area contributed by atoms with E-state index in [1.807, 2.05) is 0 Å². The van der Waals surface area contributed by atoms with Crippen LogP contribution in [-0.2, 0) is 14.6 Å². The molecule has 0 aromatic heterocycles. The summed E-state index contributed by atoms with van der Waals surface area (Å²) >= 11 is 0. The fourth-order valence-corrected chi connectivity index (χ4v) is 5.47. The number of nitrogens with one attached hydrogen (secondary N) is 3. The molecule has 1 saturated carbocycles. The molecule has 2 aliphatic rings. The van der Waals surface area contributed by atoms with E-state index in [9.17, 15) is 13.2 Å². The third kappa shape index (κ3) is 9.96. The van der Waals surface area contributed by atoms with Gasteiger partial charge in [-0.1, -0.05) is 32.1 Å². The van der Waals surface area contributed by atoms with Crippen molar-refractivity contribution in [3.8, 4) is 0 Å². The van der Waals surface area contributed by atoms with Gasteiger partial charge in [0, 0.05) is 32.6 Å². The van der Waals surface area contributed by atoms with Crippen molar-refractivity contribution in [1.29, 1.82) is 0 Å². The summed E-state index contributed by atoms with van der Waals surface area (Å²) in [5, 5.41) is 9.23. The van der Waals surface area contributed by atoms with E-state index >= 15 is 0 Å². The maximum atomic E-state index is 11.9. The quantitative estimate of drug-likeness (QED) is 0.199. The summed E-state index contributed by atoms with van der Waals surface area (Å²) < 4.78 is 22.8. The molecule has 1 aliphatic heterocycles. The Labute approximate surface area is 180 Å². The number of carbonyl (C=O) groups is 1. The largest absolute Gasteiger partial charge is 0.356 e. The van der Waals surface area contributed by atoms with Gasteiger partial charge in [0.15, 0.2) is 15.8 Å². The number of aliphatic imine (C=N–C) groups is 1. The van der Waals surface area contributed by atoms with Crippen molar-refractivity contribution in [1.82, 2.24) is 16.0 Å². The number of rotatable bonds is 8. The van der Waals surface area contributed by atoms with Gasteiger partial charge in [-0.3, -0.25) is 9.79 Å². The van der Waals surface area contributed by atoms with Crippen molar-refractivity contribution >= 4 is 45.7 Å². The van der Waals surface area contributed by atoms with Crippen molar-refractivity contribution in [3.05, 3.63) is 0 Å². The minimum absolute atomic E-state index is 0. The van der Waals surface area contributed by atoms with Gasteiger partial charge in [0.05, 0.1) is 11.5 Å². The number of amides is 1. The second kappa shape index (κ2) is 12.8. The Hall–Kier alpha value is -0.580. The predicted octanol–water partition coefficient (Wildman–Crippen LogP) is 1.82. The zero-order valence-corrected chi connectivity index (χ0v) is 19.5. The molecule has 9 heteroatoms. The average Bonchev–Trinajstić information content (AvgIpc) is 2.96. The Balaban J connectivity index is 0.00000364. The lowest BCUT2D eigenvalue weighted by molar-refractivity contribution is -0.121. The monoisotopic (exact) mass is 514 g/mol. The molecule has 1 heterocycles. The van der Waals surface area contributed by atoms with Crippen molar-refractivity contribution in [3.63, 3.8) is 0 Å². The molecule has 1 saturated heterocycles. The second-order valence-corrected chi connectivity index (χ2v) is 9.72.